The van der Waals surface area contributed by atoms with Crippen LogP contribution in [0.25, 0.3) is 6.08 Å². The van der Waals surface area contributed by atoms with E-state index in [0.717, 1.165) is 5.56 Å². The molecule has 8 heteroatoms. The Kier molecular flexibility index (Phi) is 6.84. The predicted molar refractivity (Wildman–Crippen MR) is 134 cm³/mol. The molecule has 3 aromatic rings. The summed E-state index contributed by atoms with van der Waals surface area (Å²) in [6.07, 6.45) is 1.84. The summed E-state index contributed by atoms with van der Waals surface area (Å²) in [6, 6.07) is 14.1. The number of esters is 2. The van der Waals surface area contributed by atoms with Gasteiger partial charge in [0.15, 0.2) is 4.80 Å². The Labute approximate surface area is 206 Å². The standard InChI is InChI=1S/C27H26N2O5S/c1-15(2)19-8-6-18(7-9-19)14-22-25(31)29-24(20-10-12-21(13-11-20)34-17(4)30)23(26(32)33-5)16(3)28-27(29)35-22/h6-15,24H,1-5H3/b22-14-/t24-/m1/s1. The van der Waals surface area contributed by atoms with E-state index in [0.29, 0.717) is 32.3 Å². The van der Waals surface area contributed by atoms with Crippen molar-refractivity contribution < 1.29 is 19.1 Å². The molecule has 2 aromatic carbocycles. The molecule has 180 valence electrons. The van der Waals surface area contributed by atoms with Gasteiger partial charge in [-0.25, -0.2) is 9.79 Å². The normalized spacial score (nSPS) is 15.6. The molecule has 0 radical (unpaired) electrons. The minimum Gasteiger partial charge on any atom is -0.466 e. The first-order valence-corrected chi connectivity index (χ1v) is 12.0. The lowest BCUT2D eigenvalue weighted by Crippen LogP contribution is -2.39. The van der Waals surface area contributed by atoms with Crippen LogP contribution in [-0.4, -0.2) is 23.6 Å². The third-order valence-electron chi connectivity index (χ3n) is 5.79. The van der Waals surface area contributed by atoms with Crippen molar-refractivity contribution in [1.82, 2.24) is 4.57 Å². The quantitative estimate of drug-likeness (QED) is 0.404. The average molecular weight is 491 g/mol. The number of nitrogens with zero attached hydrogens (tertiary/aromatic N) is 2. The second kappa shape index (κ2) is 9.84. The van der Waals surface area contributed by atoms with Crippen LogP contribution < -0.4 is 19.6 Å². The molecule has 0 aliphatic carbocycles. The molecule has 0 amide bonds. The number of allylic oxidation sites excluding steroid dienone is 1. The van der Waals surface area contributed by atoms with E-state index in [9.17, 15) is 14.4 Å². The van der Waals surface area contributed by atoms with Crippen LogP contribution in [0.1, 0.15) is 56.3 Å². The van der Waals surface area contributed by atoms with E-state index in [4.69, 9.17) is 9.47 Å². The first kappa shape index (κ1) is 24.3. The summed E-state index contributed by atoms with van der Waals surface area (Å²) in [6.45, 7) is 7.32. The smallest absolute Gasteiger partial charge is 0.338 e. The summed E-state index contributed by atoms with van der Waals surface area (Å²) < 4.78 is 12.2. The second-order valence-corrected chi connectivity index (χ2v) is 9.57. The van der Waals surface area contributed by atoms with Gasteiger partial charge in [0.05, 0.1) is 29.0 Å². The van der Waals surface area contributed by atoms with Crippen molar-refractivity contribution in [1.29, 1.82) is 0 Å². The summed E-state index contributed by atoms with van der Waals surface area (Å²) in [7, 11) is 1.30. The van der Waals surface area contributed by atoms with E-state index in [1.165, 1.54) is 35.5 Å². The Morgan fingerprint density at radius 2 is 1.74 bits per heavy atom. The molecule has 35 heavy (non-hydrogen) atoms. The summed E-state index contributed by atoms with van der Waals surface area (Å²) >= 11 is 1.27. The maximum absolute atomic E-state index is 13.6. The Balaban J connectivity index is 1.86. The summed E-state index contributed by atoms with van der Waals surface area (Å²) in [5.74, 6) is -0.197. The van der Waals surface area contributed by atoms with Gasteiger partial charge in [-0.2, -0.15) is 0 Å². The highest BCUT2D eigenvalue weighted by Gasteiger charge is 2.33. The summed E-state index contributed by atoms with van der Waals surface area (Å²) in [5, 5.41) is 0. The fourth-order valence-electron chi connectivity index (χ4n) is 4.02. The van der Waals surface area contributed by atoms with Crippen LogP contribution in [0.5, 0.6) is 5.75 Å². The molecule has 0 unspecified atom stereocenters. The topological polar surface area (TPSA) is 87.0 Å². The summed E-state index contributed by atoms with van der Waals surface area (Å²) in [4.78, 5) is 42.7. The second-order valence-electron chi connectivity index (χ2n) is 8.56. The van der Waals surface area contributed by atoms with E-state index in [2.05, 4.69) is 31.0 Å². The number of aromatic nitrogens is 1. The Morgan fingerprint density at radius 1 is 1.09 bits per heavy atom. The van der Waals surface area contributed by atoms with Crippen LogP contribution in [0, 0.1) is 0 Å². The number of hydrogen-bond acceptors (Lipinski definition) is 7. The fourth-order valence-corrected chi connectivity index (χ4v) is 5.07. The molecular weight excluding hydrogens is 464 g/mol. The first-order chi connectivity index (χ1) is 16.7. The SMILES string of the molecule is COC(=O)C1=C(C)N=c2s/c(=C\c3ccc(C(C)C)cc3)c(=O)n2[C@@H]1c1ccc(OC(C)=O)cc1. The number of fused-ring (bicyclic) bond motifs is 1. The van der Waals surface area contributed by atoms with Gasteiger partial charge in [0.1, 0.15) is 5.75 Å². The molecule has 0 N–H and O–H groups in total. The van der Waals surface area contributed by atoms with Gasteiger partial charge in [0.2, 0.25) is 0 Å². The molecule has 1 aliphatic rings. The molecule has 0 spiro atoms. The van der Waals surface area contributed by atoms with E-state index in [1.54, 1.807) is 31.2 Å². The lowest BCUT2D eigenvalue weighted by Gasteiger charge is -2.24. The molecule has 0 saturated heterocycles. The zero-order chi connectivity index (χ0) is 25.3. The van der Waals surface area contributed by atoms with Gasteiger partial charge in [-0.15, -0.1) is 0 Å². The van der Waals surface area contributed by atoms with E-state index in [1.807, 2.05) is 18.2 Å². The van der Waals surface area contributed by atoms with Crippen LogP contribution >= 0.6 is 11.3 Å². The van der Waals surface area contributed by atoms with Crippen LogP contribution in [0.15, 0.2) is 69.6 Å². The molecule has 1 aliphatic heterocycles. The highest BCUT2D eigenvalue weighted by atomic mass is 32.1. The lowest BCUT2D eigenvalue weighted by molar-refractivity contribution is -0.136. The number of hydrogen-bond donors (Lipinski definition) is 0. The van der Waals surface area contributed by atoms with Gasteiger partial charge in [0, 0.05) is 6.92 Å². The molecular formula is C27H26N2O5S. The number of benzene rings is 2. The fraction of sp³-hybridized carbons (Fsp3) is 0.259. The Morgan fingerprint density at radius 3 is 2.31 bits per heavy atom. The zero-order valence-electron chi connectivity index (χ0n) is 20.2. The van der Waals surface area contributed by atoms with Crippen LogP contribution in [0.4, 0.5) is 0 Å². The molecule has 0 fully saturated rings. The monoisotopic (exact) mass is 490 g/mol. The van der Waals surface area contributed by atoms with Crippen molar-refractivity contribution in [2.75, 3.05) is 7.11 Å². The van der Waals surface area contributed by atoms with Gasteiger partial charge in [-0.3, -0.25) is 14.2 Å². The molecule has 7 nitrogen and oxygen atoms in total. The third kappa shape index (κ3) is 4.88. The molecule has 0 bridgehead atoms. The van der Waals surface area contributed by atoms with Gasteiger partial charge < -0.3 is 9.47 Å². The highest BCUT2D eigenvalue weighted by Crippen LogP contribution is 2.31. The van der Waals surface area contributed by atoms with Crippen molar-refractivity contribution in [3.05, 3.63) is 96.2 Å². The van der Waals surface area contributed by atoms with Crippen molar-refractivity contribution in [2.24, 2.45) is 4.99 Å². The minimum atomic E-state index is -0.726. The van der Waals surface area contributed by atoms with E-state index in [-0.39, 0.29) is 11.1 Å². The van der Waals surface area contributed by atoms with Gasteiger partial charge >= 0.3 is 11.9 Å². The third-order valence-corrected chi connectivity index (χ3v) is 6.77. The number of rotatable bonds is 5. The number of methoxy groups -OCH3 is 1. The maximum Gasteiger partial charge on any atom is 0.338 e. The van der Waals surface area contributed by atoms with Crippen LogP contribution in [0.3, 0.4) is 0 Å². The van der Waals surface area contributed by atoms with E-state index >= 15 is 0 Å². The van der Waals surface area contributed by atoms with Crippen LogP contribution in [-0.2, 0) is 14.3 Å². The van der Waals surface area contributed by atoms with Crippen molar-refractivity contribution in [2.45, 2.75) is 39.7 Å². The molecule has 1 atom stereocenters. The zero-order valence-corrected chi connectivity index (χ0v) is 21.0. The predicted octanol–water partition coefficient (Wildman–Crippen LogP) is 3.46. The number of carbonyl (C=O) groups excluding carboxylic acids is 2. The molecule has 4 rings (SSSR count). The minimum absolute atomic E-state index is 0.246. The van der Waals surface area contributed by atoms with Crippen molar-refractivity contribution in [3.63, 3.8) is 0 Å². The molecule has 1 aromatic heterocycles. The molecule has 2 heterocycles. The Hall–Kier alpha value is -3.78. The average Bonchev–Trinajstić information content (AvgIpc) is 3.12. The lowest BCUT2D eigenvalue weighted by atomic mass is 9.96. The Bertz CT molecular complexity index is 1490. The number of thiazole rings is 1. The van der Waals surface area contributed by atoms with E-state index < -0.39 is 18.0 Å². The maximum atomic E-state index is 13.6. The van der Waals surface area contributed by atoms with Gasteiger partial charge in [-0.05, 0) is 47.7 Å². The van der Waals surface area contributed by atoms with Crippen molar-refractivity contribution in [3.8, 4) is 5.75 Å². The van der Waals surface area contributed by atoms with Gasteiger partial charge in [-0.1, -0.05) is 61.6 Å². The largest absolute Gasteiger partial charge is 0.466 e. The first-order valence-electron chi connectivity index (χ1n) is 11.2. The molecule has 0 saturated carbocycles. The number of carbonyl (C=O) groups is 2. The summed E-state index contributed by atoms with van der Waals surface area (Å²) in [5.41, 5.74) is 3.33. The number of ether oxygens (including phenoxy) is 2. The highest BCUT2D eigenvalue weighted by molar-refractivity contribution is 7.07. The van der Waals surface area contributed by atoms with Crippen molar-refractivity contribution >= 4 is 29.4 Å². The van der Waals surface area contributed by atoms with Gasteiger partial charge in [0.25, 0.3) is 5.56 Å². The van der Waals surface area contributed by atoms with Crippen LogP contribution in [0.2, 0.25) is 0 Å².